The average Bonchev–Trinajstić information content (AvgIpc) is 2.40. The van der Waals surface area contributed by atoms with Gasteiger partial charge in [-0.3, -0.25) is 4.90 Å². The van der Waals surface area contributed by atoms with Crippen LogP contribution in [0.5, 0.6) is 0 Å². The first-order valence-electron chi connectivity index (χ1n) is 6.29. The lowest BCUT2D eigenvalue weighted by atomic mass is 10.3. The molecule has 1 saturated heterocycles. The van der Waals surface area contributed by atoms with Gasteiger partial charge in [-0.05, 0) is 53.8 Å². The van der Waals surface area contributed by atoms with E-state index in [-0.39, 0.29) is 11.8 Å². The molecule has 4 nitrogen and oxygen atoms in total. The van der Waals surface area contributed by atoms with Gasteiger partial charge in [-0.25, -0.2) is 8.42 Å². The molecule has 0 bridgehead atoms. The van der Waals surface area contributed by atoms with E-state index in [4.69, 9.17) is 4.74 Å². The Bertz CT molecular complexity index is 509. The highest BCUT2D eigenvalue weighted by Gasteiger charge is 2.24. The molecule has 0 saturated carbocycles. The predicted molar refractivity (Wildman–Crippen MR) is 83.1 cm³/mol. The quantitative estimate of drug-likeness (QED) is 0.730. The van der Waals surface area contributed by atoms with Crippen molar-refractivity contribution in [3.8, 4) is 0 Å². The molecule has 1 atom stereocenters. The Hall–Kier alpha value is -0.180. The topological polar surface area (TPSA) is 46.6 Å². The fraction of sp³-hybridized carbons (Fsp3) is 0.538. The lowest BCUT2D eigenvalue weighted by molar-refractivity contribution is 0.0243. The number of sulfone groups is 1. The van der Waals surface area contributed by atoms with Crippen molar-refractivity contribution in [2.75, 3.05) is 32.1 Å². The van der Waals surface area contributed by atoms with Crippen molar-refractivity contribution in [1.29, 1.82) is 0 Å². The van der Waals surface area contributed by atoms with Crippen LogP contribution in [0, 0.1) is 3.57 Å². The van der Waals surface area contributed by atoms with Crippen molar-refractivity contribution in [2.45, 2.75) is 17.9 Å². The summed E-state index contributed by atoms with van der Waals surface area (Å²) in [5.74, 6) is 0.160. The minimum Gasteiger partial charge on any atom is -0.379 e. The number of hydrogen-bond donors (Lipinski definition) is 0. The van der Waals surface area contributed by atoms with Gasteiger partial charge in [0.2, 0.25) is 0 Å². The van der Waals surface area contributed by atoms with E-state index < -0.39 is 9.84 Å². The van der Waals surface area contributed by atoms with Crippen LogP contribution in [-0.4, -0.2) is 51.4 Å². The molecule has 0 N–H and O–H groups in total. The van der Waals surface area contributed by atoms with Gasteiger partial charge < -0.3 is 4.74 Å². The number of morpholine rings is 1. The van der Waals surface area contributed by atoms with E-state index in [0.29, 0.717) is 18.1 Å². The second-order valence-electron chi connectivity index (χ2n) is 4.73. The summed E-state index contributed by atoms with van der Waals surface area (Å²) in [6.07, 6.45) is 0. The van der Waals surface area contributed by atoms with E-state index in [1.807, 2.05) is 19.1 Å². The maximum absolute atomic E-state index is 12.3. The summed E-state index contributed by atoms with van der Waals surface area (Å²) in [4.78, 5) is 2.58. The zero-order chi connectivity index (χ0) is 13.9. The van der Waals surface area contributed by atoms with Crippen molar-refractivity contribution in [3.63, 3.8) is 0 Å². The molecule has 0 aromatic heterocycles. The van der Waals surface area contributed by atoms with Gasteiger partial charge >= 0.3 is 0 Å². The third-order valence-electron chi connectivity index (χ3n) is 3.30. The Morgan fingerprint density at radius 1 is 1.26 bits per heavy atom. The molecular weight excluding hydrogens is 377 g/mol. The summed E-state index contributed by atoms with van der Waals surface area (Å²) in [6.45, 7) is 4.96. The van der Waals surface area contributed by atoms with Gasteiger partial charge in [0.1, 0.15) is 0 Å². The molecule has 19 heavy (non-hydrogen) atoms. The molecule has 0 amide bonds. The Balaban J connectivity index is 2.05. The standard InChI is InChI=1S/C13H18INO3S/c1-11(15-6-8-18-9-7-15)10-19(16,17)13-4-2-12(14)3-5-13/h2-5,11H,6-10H2,1H3. The first kappa shape index (κ1) is 15.2. The summed E-state index contributed by atoms with van der Waals surface area (Å²) >= 11 is 2.17. The first-order chi connectivity index (χ1) is 8.99. The van der Waals surface area contributed by atoms with Gasteiger partial charge in [-0.15, -0.1) is 0 Å². The first-order valence-corrected chi connectivity index (χ1v) is 9.02. The van der Waals surface area contributed by atoms with Crippen molar-refractivity contribution >= 4 is 32.4 Å². The van der Waals surface area contributed by atoms with Crippen LogP contribution in [0.15, 0.2) is 29.2 Å². The molecule has 1 fully saturated rings. The number of nitrogens with zero attached hydrogens (tertiary/aromatic N) is 1. The average molecular weight is 395 g/mol. The summed E-state index contributed by atoms with van der Waals surface area (Å²) in [7, 11) is -3.21. The zero-order valence-corrected chi connectivity index (χ0v) is 13.9. The Morgan fingerprint density at radius 2 is 1.84 bits per heavy atom. The van der Waals surface area contributed by atoms with Crippen molar-refractivity contribution in [1.82, 2.24) is 4.90 Å². The molecule has 1 aliphatic rings. The second kappa shape index (κ2) is 6.51. The molecule has 2 rings (SSSR count). The van der Waals surface area contributed by atoms with Crippen LogP contribution < -0.4 is 0 Å². The van der Waals surface area contributed by atoms with Crippen molar-refractivity contribution in [3.05, 3.63) is 27.8 Å². The summed E-state index contributed by atoms with van der Waals surface area (Å²) in [6, 6.07) is 7.04. The van der Waals surface area contributed by atoms with Gasteiger partial charge in [-0.2, -0.15) is 0 Å². The van der Waals surface area contributed by atoms with Gasteiger partial charge in [0, 0.05) is 22.7 Å². The molecule has 0 spiro atoms. The molecule has 1 aromatic rings. The molecule has 0 radical (unpaired) electrons. The largest absolute Gasteiger partial charge is 0.379 e. The van der Waals surface area contributed by atoms with Crippen LogP contribution in [0.4, 0.5) is 0 Å². The third-order valence-corrected chi connectivity index (χ3v) is 5.93. The van der Waals surface area contributed by atoms with Crippen LogP contribution in [0.2, 0.25) is 0 Å². The van der Waals surface area contributed by atoms with E-state index >= 15 is 0 Å². The maximum atomic E-state index is 12.3. The van der Waals surface area contributed by atoms with E-state index in [9.17, 15) is 8.42 Å². The van der Waals surface area contributed by atoms with E-state index in [0.717, 1.165) is 16.7 Å². The minimum atomic E-state index is -3.21. The number of rotatable bonds is 4. The smallest absolute Gasteiger partial charge is 0.179 e. The van der Waals surface area contributed by atoms with Crippen molar-refractivity contribution < 1.29 is 13.2 Å². The fourth-order valence-electron chi connectivity index (χ4n) is 2.18. The summed E-state index contributed by atoms with van der Waals surface area (Å²) in [5.41, 5.74) is 0. The Kier molecular flexibility index (Phi) is 5.22. The fourth-order valence-corrected chi connectivity index (χ4v) is 4.13. The van der Waals surface area contributed by atoms with Crippen molar-refractivity contribution in [2.24, 2.45) is 0 Å². The van der Waals surface area contributed by atoms with Gasteiger partial charge in [0.25, 0.3) is 0 Å². The number of hydrogen-bond acceptors (Lipinski definition) is 4. The van der Waals surface area contributed by atoms with E-state index in [2.05, 4.69) is 27.5 Å². The molecular formula is C13H18INO3S. The normalized spacial score (nSPS) is 19.3. The monoisotopic (exact) mass is 395 g/mol. The molecule has 1 aliphatic heterocycles. The molecule has 1 aromatic carbocycles. The van der Waals surface area contributed by atoms with Gasteiger partial charge in [-0.1, -0.05) is 0 Å². The summed E-state index contributed by atoms with van der Waals surface area (Å²) in [5, 5.41) is 0. The predicted octanol–water partition coefficient (Wildman–Crippen LogP) is 1.79. The molecule has 106 valence electrons. The van der Waals surface area contributed by atoms with Crippen LogP contribution in [0.3, 0.4) is 0 Å². The SMILES string of the molecule is CC(CS(=O)(=O)c1ccc(I)cc1)N1CCOCC1. The lowest BCUT2D eigenvalue weighted by Crippen LogP contribution is -2.45. The highest BCUT2D eigenvalue weighted by Crippen LogP contribution is 2.16. The third kappa shape index (κ3) is 4.14. The van der Waals surface area contributed by atoms with Gasteiger partial charge in [0.15, 0.2) is 9.84 Å². The molecule has 1 unspecified atom stereocenters. The van der Waals surface area contributed by atoms with Crippen LogP contribution in [0.25, 0.3) is 0 Å². The highest BCUT2D eigenvalue weighted by atomic mass is 127. The molecule has 1 heterocycles. The molecule has 0 aliphatic carbocycles. The molecule has 6 heteroatoms. The van der Waals surface area contributed by atoms with Gasteiger partial charge in [0.05, 0.1) is 23.9 Å². The van der Waals surface area contributed by atoms with Crippen LogP contribution in [-0.2, 0) is 14.6 Å². The highest BCUT2D eigenvalue weighted by molar-refractivity contribution is 14.1. The lowest BCUT2D eigenvalue weighted by Gasteiger charge is -2.32. The number of benzene rings is 1. The second-order valence-corrected chi connectivity index (χ2v) is 8.01. The number of ether oxygens (including phenoxy) is 1. The van der Waals surface area contributed by atoms with Crippen LogP contribution >= 0.6 is 22.6 Å². The van der Waals surface area contributed by atoms with E-state index in [1.54, 1.807) is 12.1 Å². The van der Waals surface area contributed by atoms with E-state index in [1.165, 1.54) is 0 Å². The summed E-state index contributed by atoms with van der Waals surface area (Å²) < 4.78 is 31.0. The maximum Gasteiger partial charge on any atom is 0.179 e. The van der Waals surface area contributed by atoms with Crippen LogP contribution in [0.1, 0.15) is 6.92 Å². The minimum absolute atomic E-state index is 0.0215. The Labute approximate surface area is 128 Å². The Morgan fingerprint density at radius 3 is 2.42 bits per heavy atom. The number of halogens is 1. The zero-order valence-electron chi connectivity index (χ0n) is 10.9.